The van der Waals surface area contributed by atoms with Crippen molar-refractivity contribution in [1.82, 2.24) is 9.78 Å². The number of halogens is 1. The van der Waals surface area contributed by atoms with Gasteiger partial charge in [0.1, 0.15) is 5.82 Å². The molecule has 6 heteroatoms. The molecule has 1 N–H and O–H groups in total. The Morgan fingerprint density at radius 1 is 1.24 bits per heavy atom. The van der Waals surface area contributed by atoms with Crippen molar-refractivity contribution >= 4 is 11.6 Å². The maximum absolute atomic E-state index is 13.1. The zero-order chi connectivity index (χ0) is 17.8. The number of ether oxygens (including phenoxy) is 1. The van der Waals surface area contributed by atoms with Gasteiger partial charge in [-0.05, 0) is 55.8 Å². The van der Waals surface area contributed by atoms with Crippen molar-refractivity contribution in [3.63, 3.8) is 0 Å². The van der Waals surface area contributed by atoms with Gasteiger partial charge in [-0.3, -0.25) is 4.79 Å². The molecule has 0 saturated carbocycles. The van der Waals surface area contributed by atoms with E-state index in [0.29, 0.717) is 23.7 Å². The topological polar surface area (TPSA) is 56.2 Å². The van der Waals surface area contributed by atoms with Crippen molar-refractivity contribution < 1.29 is 13.9 Å². The fraction of sp³-hybridized carbons (Fsp3) is 0.158. The van der Waals surface area contributed by atoms with Crippen LogP contribution in [0.15, 0.2) is 54.7 Å². The number of aromatic nitrogens is 2. The van der Waals surface area contributed by atoms with Crippen molar-refractivity contribution in [2.45, 2.75) is 13.8 Å². The fourth-order valence-corrected chi connectivity index (χ4v) is 2.42. The first kappa shape index (κ1) is 16.7. The van der Waals surface area contributed by atoms with Gasteiger partial charge in [0, 0.05) is 5.69 Å². The molecule has 128 valence electrons. The van der Waals surface area contributed by atoms with E-state index in [2.05, 4.69) is 10.4 Å². The molecule has 5 nitrogen and oxygen atoms in total. The van der Waals surface area contributed by atoms with Crippen LogP contribution in [0, 0.1) is 12.7 Å². The van der Waals surface area contributed by atoms with Gasteiger partial charge in [-0.25, -0.2) is 9.07 Å². The predicted molar refractivity (Wildman–Crippen MR) is 93.8 cm³/mol. The van der Waals surface area contributed by atoms with E-state index in [0.717, 1.165) is 5.56 Å². The summed E-state index contributed by atoms with van der Waals surface area (Å²) in [5.41, 5.74) is 2.54. The highest BCUT2D eigenvalue weighted by Crippen LogP contribution is 2.22. The third-order valence-corrected chi connectivity index (χ3v) is 3.56. The van der Waals surface area contributed by atoms with Crippen LogP contribution in [0.1, 0.15) is 23.0 Å². The summed E-state index contributed by atoms with van der Waals surface area (Å²) in [6.45, 7) is 4.18. The lowest BCUT2D eigenvalue weighted by molar-refractivity contribution is 0.101. The first-order valence-corrected chi connectivity index (χ1v) is 7.93. The number of anilines is 1. The van der Waals surface area contributed by atoms with Crippen LogP contribution in [-0.4, -0.2) is 22.3 Å². The van der Waals surface area contributed by atoms with Crippen LogP contribution in [0.2, 0.25) is 0 Å². The SMILES string of the molecule is CCOc1cn(-c2ccc(F)cc2)nc1C(=O)Nc1cccc(C)c1. The summed E-state index contributed by atoms with van der Waals surface area (Å²) in [4.78, 5) is 12.6. The van der Waals surface area contributed by atoms with Gasteiger partial charge in [0.2, 0.25) is 0 Å². The molecule has 0 aliphatic carbocycles. The summed E-state index contributed by atoms with van der Waals surface area (Å²) in [7, 11) is 0. The minimum Gasteiger partial charge on any atom is -0.490 e. The highest BCUT2D eigenvalue weighted by molar-refractivity contribution is 6.04. The summed E-state index contributed by atoms with van der Waals surface area (Å²) < 4.78 is 20.1. The first-order valence-electron chi connectivity index (χ1n) is 7.93. The van der Waals surface area contributed by atoms with E-state index in [4.69, 9.17) is 4.74 Å². The average Bonchev–Trinajstić information content (AvgIpc) is 3.00. The minimum atomic E-state index is -0.366. The van der Waals surface area contributed by atoms with Crippen LogP contribution in [-0.2, 0) is 0 Å². The molecule has 0 aliphatic heterocycles. The molecule has 0 saturated heterocycles. The van der Waals surface area contributed by atoms with E-state index < -0.39 is 0 Å². The number of nitrogens with zero attached hydrogens (tertiary/aromatic N) is 2. The fourth-order valence-electron chi connectivity index (χ4n) is 2.42. The Morgan fingerprint density at radius 2 is 2.00 bits per heavy atom. The Labute approximate surface area is 145 Å². The molecule has 0 radical (unpaired) electrons. The Bertz CT molecular complexity index is 888. The highest BCUT2D eigenvalue weighted by Gasteiger charge is 2.19. The van der Waals surface area contributed by atoms with E-state index in [1.54, 1.807) is 18.3 Å². The molecule has 0 unspecified atom stereocenters. The summed E-state index contributed by atoms with van der Waals surface area (Å²) in [6, 6.07) is 13.3. The van der Waals surface area contributed by atoms with Crippen LogP contribution in [0.5, 0.6) is 5.75 Å². The zero-order valence-electron chi connectivity index (χ0n) is 14.0. The second kappa shape index (κ2) is 7.17. The number of nitrogens with one attached hydrogen (secondary N) is 1. The molecule has 1 heterocycles. The Morgan fingerprint density at radius 3 is 2.68 bits per heavy atom. The number of carbonyl (C=O) groups excluding carboxylic acids is 1. The smallest absolute Gasteiger partial charge is 0.280 e. The molecule has 1 aromatic heterocycles. The lowest BCUT2D eigenvalue weighted by Gasteiger charge is -2.06. The standard InChI is InChI=1S/C19H18FN3O2/c1-3-25-17-12-23(16-9-7-14(20)8-10-16)22-18(17)19(24)21-15-6-4-5-13(2)11-15/h4-12H,3H2,1-2H3,(H,21,24). The largest absolute Gasteiger partial charge is 0.490 e. The zero-order valence-corrected chi connectivity index (χ0v) is 14.0. The maximum Gasteiger partial charge on any atom is 0.280 e. The number of amides is 1. The second-order valence-electron chi connectivity index (χ2n) is 5.52. The van der Waals surface area contributed by atoms with Crippen molar-refractivity contribution in [2.24, 2.45) is 0 Å². The second-order valence-corrected chi connectivity index (χ2v) is 5.52. The molecule has 0 spiro atoms. The molecule has 3 aromatic rings. The lowest BCUT2D eigenvalue weighted by atomic mass is 10.2. The van der Waals surface area contributed by atoms with Crippen LogP contribution in [0.4, 0.5) is 10.1 Å². The third kappa shape index (κ3) is 3.85. The molecule has 0 fully saturated rings. The quantitative estimate of drug-likeness (QED) is 0.765. The van der Waals surface area contributed by atoms with Gasteiger partial charge in [0.15, 0.2) is 11.4 Å². The maximum atomic E-state index is 13.1. The monoisotopic (exact) mass is 339 g/mol. The van der Waals surface area contributed by atoms with E-state index in [1.165, 1.54) is 16.8 Å². The van der Waals surface area contributed by atoms with Gasteiger partial charge in [-0.2, -0.15) is 5.10 Å². The van der Waals surface area contributed by atoms with Crippen LogP contribution in [0.3, 0.4) is 0 Å². The van der Waals surface area contributed by atoms with Crippen LogP contribution >= 0.6 is 0 Å². The van der Waals surface area contributed by atoms with Gasteiger partial charge >= 0.3 is 0 Å². The Hall–Kier alpha value is -3.15. The van der Waals surface area contributed by atoms with Crippen molar-refractivity contribution in [3.05, 3.63) is 71.8 Å². The Balaban J connectivity index is 1.91. The number of rotatable bonds is 5. The van der Waals surface area contributed by atoms with Crippen molar-refractivity contribution in [1.29, 1.82) is 0 Å². The van der Waals surface area contributed by atoms with E-state index in [-0.39, 0.29) is 17.4 Å². The Kier molecular flexibility index (Phi) is 4.79. The van der Waals surface area contributed by atoms with Crippen LogP contribution in [0.25, 0.3) is 5.69 Å². The molecule has 3 rings (SSSR count). The molecular weight excluding hydrogens is 321 g/mol. The number of benzene rings is 2. The summed E-state index contributed by atoms with van der Waals surface area (Å²) >= 11 is 0. The van der Waals surface area contributed by atoms with Gasteiger partial charge in [0.25, 0.3) is 5.91 Å². The van der Waals surface area contributed by atoms with E-state index in [9.17, 15) is 9.18 Å². The van der Waals surface area contributed by atoms with Gasteiger partial charge < -0.3 is 10.1 Å². The minimum absolute atomic E-state index is 0.174. The van der Waals surface area contributed by atoms with E-state index in [1.807, 2.05) is 38.1 Å². The number of aryl methyl sites for hydroxylation is 1. The number of hydrogen-bond acceptors (Lipinski definition) is 3. The van der Waals surface area contributed by atoms with Crippen molar-refractivity contribution in [3.8, 4) is 11.4 Å². The number of carbonyl (C=O) groups is 1. The summed E-state index contributed by atoms with van der Waals surface area (Å²) in [5, 5.41) is 7.12. The summed E-state index contributed by atoms with van der Waals surface area (Å²) in [6.07, 6.45) is 1.61. The normalized spacial score (nSPS) is 10.5. The average molecular weight is 339 g/mol. The highest BCUT2D eigenvalue weighted by atomic mass is 19.1. The third-order valence-electron chi connectivity index (χ3n) is 3.56. The van der Waals surface area contributed by atoms with Crippen molar-refractivity contribution in [2.75, 3.05) is 11.9 Å². The van der Waals surface area contributed by atoms with Crippen LogP contribution < -0.4 is 10.1 Å². The predicted octanol–water partition coefficient (Wildman–Crippen LogP) is 3.97. The molecule has 2 aromatic carbocycles. The lowest BCUT2D eigenvalue weighted by Crippen LogP contribution is -2.14. The van der Waals surface area contributed by atoms with Gasteiger partial charge in [0.05, 0.1) is 18.5 Å². The molecule has 0 aliphatic rings. The van der Waals surface area contributed by atoms with Gasteiger partial charge in [-0.15, -0.1) is 0 Å². The van der Waals surface area contributed by atoms with Gasteiger partial charge in [-0.1, -0.05) is 12.1 Å². The molecule has 25 heavy (non-hydrogen) atoms. The molecule has 1 amide bonds. The molecule has 0 bridgehead atoms. The molecule has 0 atom stereocenters. The van der Waals surface area contributed by atoms with E-state index >= 15 is 0 Å². The number of hydrogen-bond donors (Lipinski definition) is 1. The summed E-state index contributed by atoms with van der Waals surface area (Å²) in [5.74, 6) is -0.328. The molecular formula is C19H18FN3O2. The first-order chi connectivity index (χ1) is 12.1.